The molecule has 3 aromatic rings. The van der Waals surface area contributed by atoms with E-state index in [-0.39, 0.29) is 17.4 Å². The zero-order chi connectivity index (χ0) is 34.1. The van der Waals surface area contributed by atoms with Crippen molar-refractivity contribution in [3.05, 3.63) is 66.5 Å². The molecule has 7 heteroatoms. The van der Waals surface area contributed by atoms with Crippen molar-refractivity contribution < 1.29 is 9.90 Å². The molecule has 8 rings (SSSR count). The van der Waals surface area contributed by atoms with Crippen LogP contribution in [0.1, 0.15) is 109 Å². The second kappa shape index (κ2) is 14.4. The SMILES string of the molecule is CCCCCCC(=O)Nc1cccc2c1[nH]c1c(C3=C[C@@]4(O)CC/C=C\CCCCN5CC[C@@H]3[C@]3(C[C@@H]6/C=C\CCCCN6[C@H]34)C5)nccc12. The fourth-order valence-corrected chi connectivity index (χ4v) is 10.7. The van der Waals surface area contributed by atoms with E-state index >= 15 is 0 Å². The first-order valence-corrected chi connectivity index (χ1v) is 20.0. The van der Waals surface area contributed by atoms with Gasteiger partial charge in [0.2, 0.25) is 5.91 Å². The fraction of sp³-hybridized carbons (Fsp3) is 0.581. The van der Waals surface area contributed by atoms with Gasteiger partial charge in [-0.1, -0.05) is 62.6 Å². The molecule has 50 heavy (non-hydrogen) atoms. The number of anilines is 1. The number of allylic oxidation sites excluding steroid dienone is 4. The van der Waals surface area contributed by atoms with E-state index in [4.69, 9.17) is 4.98 Å². The van der Waals surface area contributed by atoms with Crippen molar-refractivity contribution >= 4 is 39.0 Å². The number of hydrogen-bond acceptors (Lipinski definition) is 5. The van der Waals surface area contributed by atoms with Gasteiger partial charge in [-0.15, -0.1) is 0 Å². The topological polar surface area (TPSA) is 84.5 Å². The molecule has 1 spiro atoms. The summed E-state index contributed by atoms with van der Waals surface area (Å²) in [4.78, 5) is 27.5. The predicted molar refractivity (Wildman–Crippen MR) is 205 cm³/mol. The Bertz CT molecular complexity index is 1790. The summed E-state index contributed by atoms with van der Waals surface area (Å²) in [6.45, 7) is 6.51. The predicted octanol–water partition coefficient (Wildman–Crippen LogP) is 8.76. The van der Waals surface area contributed by atoms with E-state index in [0.717, 1.165) is 117 Å². The van der Waals surface area contributed by atoms with E-state index in [2.05, 4.69) is 69.5 Å². The number of amides is 1. The Morgan fingerprint density at radius 1 is 0.980 bits per heavy atom. The van der Waals surface area contributed by atoms with Gasteiger partial charge in [-0.25, -0.2) is 0 Å². The molecule has 2 fully saturated rings. The molecule has 6 heterocycles. The third-order valence-electron chi connectivity index (χ3n) is 12.8. The number of carbonyl (C=O) groups is 1. The van der Waals surface area contributed by atoms with E-state index in [0.29, 0.717) is 18.4 Å². The number of benzene rings is 1. The van der Waals surface area contributed by atoms with Crippen LogP contribution in [0.25, 0.3) is 27.4 Å². The standard InChI is InChI=1S/C43H57N5O2/c1-2-3-4-12-20-37(49)45-36-19-16-18-32-33-21-24-44-39(40(33)46-38(32)36)34-29-43(50)23-13-8-5-6-9-14-25-47-27-22-35(34)42(30-47)28-31-17-11-7-10-15-26-48(31)41(42)43/h5,8,11,16-19,21,24,29,31,35,41,46,50H,2-4,6-7,9-10,12-15,20,22-23,25-28,30H2,1H3,(H,45,49)/b8-5-,17-11-/t31-,35-,41+,42-,43-/m0/s1. The summed E-state index contributed by atoms with van der Waals surface area (Å²) >= 11 is 0. The molecule has 4 aliphatic heterocycles. The number of H-pyrrole nitrogens is 1. The maximum atomic E-state index is 13.3. The molecule has 3 N–H and O–H groups in total. The van der Waals surface area contributed by atoms with Crippen LogP contribution in [0.15, 0.2) is 60.8 Å². The minimum atomic E-state index is -0.970. The lowest BCUT2D eigenvalue weighted by molar-refractivity contribution is -0.116. The molecule has 1 aliphatic carbocycles. The Labute approximate surface area is 298 Å². The molecule has 0 saturated carbocycles. The number of pyridine rings is 1. The van der Waals surface area contributed by atoms with Crippen LogP contribution < -0.4 is 5.32 Å². The van der Waals surface area contributed by atoms with E-state index in [9.17, 15) is 9.90 Å². The van der Waals surface area contributed by atoms with Crippen LogP contribution in [0.3, 0.4) is 0 Å². The number of aliphatic hydroxyl groups is 1. The molecular formula is C43H57N5O2. The summed E-state index contributed by atoms with van der Waals surface area (Å²) in [6.07, 6.45) is 29.6. The van der Waals surface area contributed by atoms with Crippen LogP contribution in [0, 0.1) is 11.3 Å². The number of unbranched alkanes of at least 4 members (excludes halogenated alkanes) is 3. The summed E-state index contributed by atoms with van der Waals surface area (Å²) in [6, 6.07) is 8.75. The van der Waals surface area contributed by atoms with Crippen LogP contribution in [0.5, 0.6) is 0 Å². The number of nitrogens with one attached hydrogen (secondary N) is 2. The maximum Gasteiger partial charge on any atom is 0.224 e. The number of aromatic amines is 1. The minimum absolute atomic E-state index is 0.0685. The summed E-state index contributed by atoms with van der Waals surface area (Å²) in [7, 11) is 0. The monoisotopic (exact) mass is 675 g/mol. The Balaban J connectivity index is 1.25. The van der Waals surface area contributed by atoms with Crippen LogP contribution in [0.4, 0.5) is 5.69 Å². The highest BCUT2D eigenvalue weighted by Crippen LogP contribution is 2.61. The zero-order valence-corrected chi connectivity index (χ0v) is 30.1. The van der Waals surface area contributed by atoms with Crippen molar-refractivity contribution in [2.24, 2.45) is 11.3 Å². The van der Waals surface area contributed by atoms with Gasteiger partial charge in [0, 0.05) is 41.4 Å². The summed E-state index contributed by atoms with van der Waals surface area (Å²) in [5.41, 5.74) is 3.95. The Kier molecular flexibility index (Phi) is 9.75. The fourth-order valence-electron chi connectivity index (χ4n) is 10.7. The van der Waals surface area contributed by atoms with Gasteiger partial charge in [-0.05, 0) is 120 Å². The Morgan fingerprint density at radius 2 is 1.82 bits per heavy atom. The molecule has 0 radical (unpaired) electrons. The van der Waals surface area contributed by atoms with Crippen LogP contribution in [0.2, 0.25) is 0 Å². The van der Waals surface area contributed by atoms with Gasteiger partial charge >= 0.3 is 0 Å². The summed E-state index contributed by atoms with van der Waals surface area (Å²) < 4.78 is 0. The van der Waals surface area contributed by atoms with Crippen molar-refractivity contribution in [1.29, 1.82) is 0 Å². The van der Waals surface area contributed by atoms with Crippen LogP contribution in [-0.2, 0) is 4.79 Å². The number of aromatic nitrogens is 2. The van der Waals surface area contributed by atoms with E-state index in [1.807, 2.05) is 18.3 Å². The molecule has 5 aliphatic rings. The lowest BCUT2D eigenvalue weighted by Gasteiger charge is -2.58. The second-order valence-electron chi connectivity index (χ2n) is 16.1. The molecule has 1 aromatic carbocycles. The van der Waals surface area contributed by atoms with Crippen molar-refractivity contribution in [3.8, 4) is 0 Å². The number of para-hydroxylation sites is 1. The molecule has 3 bridgehead atoms. The Hall–Kier alpha value is -3.26. The molecule has 7 nitrogen and oxygen atoms in total. The highest BCUT2D eigenvalue weighted by molar-refractivity contribution is 6.14. The maximum absolute atomic E-state index is 13.3. The molecule has 2 aromatic heterocycles. The van der Waals surface area contributed by atoms with Gasteiger partial charge < -0.3 is 20.3 Å². The van der Waals surface area contributed by atoms with Gasteiger partial charge in [-0.2, -0.15) is 0 Å². The number of fused-ring (bicyclic) bond motifs is 5. The summed E-state index contributed by atoms with van der Waals surface area (Å²) in [5, 5.41) is 18.7. The van der Waals surface area contributed by atoms with Gasteiger partial charge in [0.15, 0.2) is 0 Å². The highest BCUT2D eigenvalue weighted by atomic mass is 16.3. The number of rotatable bonds is 7. The highest BCUT2D eigenvalue weighted by Gasteiger charge is 2.65. The smallest absolute Gasteiger partial charge is 0.224 e. The average Bonchev–Trinajstić information content (AvgIpc) is 3.63. The lowest BCUT2D eigenvalue weighted by Crippen LogP contribution is -2.65. The van der Waals surface area contributed by atoms with Gasteiger partial charge in [-0.3, -0.25) is 14.7 Å². The van der Waals surface area contributed by atoms with E-state index in [1.165, 1.54) is 37.7 Å². The average molecular weight is 676 g/mol. The zero-order valence-electron chi connectivity index (χ0n) is 30.1. The number of carbonyl (C=O) groups excluding carboxylic acids is 1. The third-order valence-corrected chi connectivity index (χ3v) is 12.8. The first-order chi connectivity index (χ1) is 24.5. The first-order valence-electron chi connectivity index (χ1n) is 20.0. The van der Waals surface area contributed by atoms with Crippen LogP contribution >= 0.6 is 0 Å². The first kappa shape index (κ1) is 33.9. The normalized spacial score (nSPS) is 32.9. The minimum Gasteiger partial charge on any atom is -0.384 e. The van der Waals surface area contributed by atoms with E-state index in [1.54, 1.807) is 0 Å². The molecular weight excluding hydrogens is 619 g/mol. The molecule has 6 atom stereocenters. The van der Waals surface area contributed by atoms with Crippen molar-refractivity contribution in [2.45, 2.75) is 121 Å². The van der Waals surface area contributed by atoms with Gasteiger partial charge in [0.1, 0.15) is 0 Å². The number of piperidine rings is 1. The third kappa shape index (κ3) is 6.17. The molecule has 266 valence electrons. The van der Waals surface area contributed by atoms with Gasteiger partial charge in [0.05, 0.1) is 34.1 Å². The lowest BCUT2D eigenvalue weighted by atomic mass is 9.54. The number of hydrogen-bond donors (Lipinski definition) is 3. The van der Waals surface area contributed by atoms with Gasteiger partial charge in [0.25, 0.3) is 0 Å². The number of nitrogens with zero attached hydrogens (tertiary/aromatic N) is 3. The molecule has 1 unspecified atom stereocenters. The molecule has 2 saturated heterocycles. The van der Waals surface area contributed by atoms with Crippen molar-refractivity contribution in [3.63, 3.8) is 0 Å². The van der Waals surface area contributed by atoms with Crippen molar-refractivity contribution in [2.75, 3.05) is 31.5 Å². The molecule has 1 amide bonds. The second-order valence-corrected chi connectivity index (χ2v) is 16.1. The Morgan fingerprint density at radius 3 is 2.72 bits per heavy atom. The van der Waals surface area contributed by atoms with E-state index < -0.39 is 5.60 Å². The largest absolute Gasteiger partial charge is 0.384 e. The summed E-state index contributed by atoms with van der Waals surface area (Å²) in [5.74, 6) is 0.375. The van der Waals surface area contributed by atoms with Crippen LogP contribution in [-0.4, -0.2) is 74.6 Å². The quantitative estimate of drug-likeness (QED) is 0.172. The van der Waals surface area contributed by atoms with Crippen molar-refractivity contribution in [1.82, 2.24) is 19.8 Å².